The molecule has 0 radical (unpaired) electrons. The number of furan rings is 1. The van der Waals surface area contributed by atoms with Gasteiger partial charge in [-0.3, -0.25) is 14.5 Å². The Balaban J connectivity index is 1.32. The van der Waals surface area contributed by atoms with Gasteiger partial charge < -0.3 is 14.7 Å². The third-order valence-corrected chi connectivity index (χ3v) is 5.35. The second-order valence-electron chi connectivity index (χ2n) is 7.61. The molecule has 1 aromatic carbocycles. The number of carbonyl (C=O) groups is 1. The smallest absolute Gasteiger partial charge is 0.261 e. The lowest BCUT2D eigenvalue weighted by atomic mass is 10.0. The van der Waals surface area contributed by atoms with Gasteiger partial charge in [0.25, 0.3) is 11.5 Å². The fraction of sp³-hybridized carbons (Fsp3) is 0.304. The first kappa shape index (κ1) is 19.2. The van der Waals surface area contributed by atoms with E-state index >= 15 is 0 Å². The van der Waals surface area contributed by atoms with Crippen LogP contribution in [-0.2, 0) is 6.54 Å². The number of aromatic nitrogens is 1. The molecule has 0 aliphatic carbocycles. The molecule has 0 unspecified atom stereocenters. The van der Waals surface area contributed by atoms with E-state index in [0.717, 1.165) is 32.5 Å². The molecule has 3 aromatic rings. The second kappa shape index (κ2) is 8.49. The Morgan fingerprint density at radius 2 is 2.00 bits per heavy atom. The van der Waals surface area contributed by atoms with E-state index in [0.29, 0.717) is 11.5 Å². The van der Waals surface area contributed by atoms with Gasteiger partial charge in [0.2, 0.25) is 0 Å². The summed E-state index contributed by atoms with van der Waals surface area (Å²) in [5.74, 6) is 0.240. The third kappa shape index (κ3) is 4.66. The van der Waals surface area contributed by atoms with Gasteiger partial charge in [0.1, 0.15) is 11.3 Å². The molecule has 0 saturated carbocycles. The van der Waals surface area contributed by atoms with E-state index < -0.39 is 5.56 Å². The highest BCUT2D eigenvalue weighted by Crippen LogP contribution is 2.17. The average molecular weight is 391 g/mol. The number of piperidine rings is 1. The average Bonchev–Trinajstić information content (AvgIpc) is 3.24. The number of pyridine rings is 1. The van der Waals surface area contributed by atoms with Gasteiger partial charge in [0.05, 0.1) is 12.0 Å². The van der Waals surface area contributed by atoms with E-state index in [-0.39, 0.29) is 17.5 Å². The molecule has 1 aliphatic heterocycles. The van der Waals surface area contributed by atoms with Crippen molar-refractivity contribution in [2.24, 2.45) is 0 Å². The molecule has 2 aromatic heterocycles. The predicted molar refractivity (Wildman–Crippen MR) is 112 cm³/mol. The van der Waals surface area contributed by atoms with E-state index in [9.17, 15) is 9.59 Å². The summed E-state index contributed by atoms with van der Waals surface area (Å²) >= 11 is 0. The molecule has 1 fully saturated rings. The maximum atomic E-state index is 12.6. The van der Waals surface area contributed by atoms with Crippen LogP contribution in [-0.4, -0.2) is 34.9 Å². The molecule has 1 amide bonds. The highest BCUT2D eigenvalue weighted by atomic mass is 16.3. The summed E-state index contributed by atoms with van der Waals surface area (Å²) in [6, 6.07) is 15.4. The van der Waals surface area contributed by atoms with E-state index in [1.165, 1.54) is 11.1 Å². The third-order valence-electron chi connectivity index (χ3n) is 5.35. The zero-order valence-corrected chi connectivity index (χ0v) is 16.5. The van der Waals surface area contributed by atoms with Crippen LogP contribution in [0.2, 0.25) is 0 Å². The van der Waals surface area contributed by atoms with E-state index in [2.05, 4.69) is 46.4 Å². The van der Waals surface area contributed by atoms with Crippen LogP contribution in [0.5, 0.6) is 0 Å². The first-order chi connectivity index (χ1) is 14.1. The molecule has 0 atom stereocenters. The van der Waals surface area contributed by atoms with Crippen LogP contribution in [0.25, 0.3) is 11.5 Å². The molecule has 1 aliphatic rings. The minimum absolute atomic E-state index is 0.0837. The normalized spacial score (nSPS) is 15.3. The lowest BCUT2D eigenvalue weighted by Crippen LogP contribution is -2.45. The van der Waals surface area contributed by atoms with Crippen molar-refractivity contribution in [1.29, 1.82) is 0 Å². The first-order valence-electron chi connectivity index (χ1n) is 9.94. The molecule has 29 heavy (non-hydrogen) atoms. The number of nitrogens with zero attached hydrogens (tertiary/aromatic N) is 1. The maximum absolute atomic E-state index is 12.6. The van der Waals surface area contributed by atoms with E-state index in [4.69, 9.17) is 4.42 Å². The molecule has 150 valence electrons. The van der Waals surface area contributed by atoms with Crippen molar-refractivity contribution >= 4 is 5.91 Å². The summed E-state index contributed by atoms with van der Waals surface area (Å²) in [6.45, 7) is 4.88. The number of nitrogens with one attached hydrogen (secondary N) is 2. The van der Waals surface area contributed by atoms with Gasteiger partial charge in [-0.05, 0) is 49.6 Å². The summed E-state index contributed by atoms with van der Waals surface area (Å²) in [4.78, 5) is 30.0. The fourth-order valence-corrected chi connectivity index (χ4v) is 3.80. The SMILES string of the molecule is Cc1cccc(CN2CCC(NC(=O)c3ccc(-c4ccco4)[nH]c3=O)CC2)c1. The van der Waals surface area contributed by atoms with Crippen LogP contribution >= 0.6 is 0 Å². The van der Waals surface area contributed by atoms with Crippen molar-refractivity contribution in [2.45, 2.75) is 32.4 Å². The number of rotatable bonds is 5. The first-order valence-corrected chi connectivity index (χ1v) is 9.94. The number of amides is 1. The zero-order valence-electron chi connectivity index (χ0n) is 16.5. The molecule has 4 rings (SSSR count). The fourth-order valence-electron chi connectivity index (χ4n) is 3.80. The monoisotopic (exact) mass is 391 g/mol. The van der Waals surface area contributed by atoms with Crippen molar-refractivity contribution in [3.8, 4) is 11.5 Å². The summed E-state index contributed by atoms with van der Waals surface area (Å²) < 4.78 is 5.28. The van der Waals surface area contributed by atoms with Crippen molar-refractivity contribution in [1.82, 2.24) is 15.2 Å². The van der Waals surface area contributed by atoms with Crippen LogP contribution in [0.3, 0.4) is 0 Å². The number of aryl methyl sites for hydroxylation is 1. The molecule has 6 nitrogen and oxygen atoms in total. The number of hydrogen-bond acceptors (Lipinski definition) is 4. The number of H-pyrrole nitrogens is 1. The van der Waals surface area contributed by atoms with E-state index in [1.807, 2.05) is 0 Å². The number of carbonyl (C=O) groups excluding carboxylic acids is 1. The highest BCUT2D eigenvalue weighted by molar-refractivity contribution is 5.94. The van der Waals surface area contributed by atoms with Gasteiger partial charge in [-0.1, -0.05) is 29.8 Å². The molecule has 1 saturated heterocycles. The predicted octanol–water partition coefficient (Wildman–Crippen LogP) is 3.34. The number of hydrogen-bond donors (Lipinski definition) is 2. The van der Waals surface area contributed by atoms with Gasteiger partial charge in [0.15, 0.2) is 0 Å². The Morgan fingerprint density at radius 1 is 1.17 bits per heavy atom. The van der Waals surface area contributed by atoms with Crippen LogP contribution in [0, 0.1) is 6.92 Å². The van der Waals surface area contributed by atoms with E-state index in [1.54, 1.807) is 30.5 Å². The minimum Gasteiger partial charge on any atom is -0.463 e. The lowest BCUT2D eigenvalue weighted by molar-refractivity contribution is 0.0907. The largest absolute Gasteiger partial charge is 0.463 e. The van der Waals surface area contributed by atoms with Crippen molar-refractivity contribution in [3.63, 3.8) is 0 Å². The number of benzene rings is 1. The molecular weight excluding hydrogens is 366 g/mol. The zero-order chi connectivity index (χ0) is 20.2. The van der Waals surface area contributed by atoms with Gasteiger partial charge in [-0.15, -0.1) is 0 Å². The summed E-state index contributed by atoms with van der Waals surface area (Å²) in [5, 5.41) is 3.01. The molecule has 0 spiro atoms. The van der Waals surface area contributed by atoms with Gasteiger partial charge in [-0.2, -0.15) is 0 Å². The van der Waals surface area contributed by atoms with Crippen molar-refractivity contribution in [2.75, 3.05) is 13.1 Å². The summed E-state index contributed by atoms with van der Waals surface area (Å²) in [7, 11) is 0. The second-order valence-corrected chi connectivity index (χ2v) is 7.61. The molecule has 0 bridgehead atoms. The lowest BCUT2D eigenvalue weighted by Gasteiger charge is -2.32. The maximum Gasteiger partial charge on any atom is 0.261 e. The Labute approximate surface area is 169 Å². The number of likely N-dealkylation sites (tertiary alicyclic amines) is 1. The molecular formula is C23H25N3O3. The van der Waals surface area contributed by atoms with Gasteiger partial charge in [-0.25, -0.2) is 0 Å². The Hall–Kier alpha value is -3.12. The standard InChI is InChI=1S/C23H25N3O3/c1-16-4-2-5-17(14-16)15-26-11-9-18(10-12-26)24-22(27)19-7-8-20(25-23(19)28)21-6-3-13-29-21/h2-8,13-14,18H,9-12,15H2,1H3,(H,24,27)(H,25,28). The Bertz CT molecular complexity index is 1030. The summed E-state index contributed by atoms with van der Waals surface area (Å²) in [6.07, 6.45) is 3.29. The topological polar surface area (TPSA) is 78.3 Å². The number of aromatic amines is 1. The van der Waals surface area contributed by atoms with Crippen molar-refractivity contribution < 1.29 is 9.21 Å². The van der Waals surface area contributed by atoms with Crippen LogP contribution < -0.4 is 10.9 Å². The van der Waals surface area contributed by atoms with Gasteiger partial charge >= 0.3 is 0 Å². The summed E-state index contributed by atoms with van der Waals surface area (Å²) in [5.41, 5.74) is 2.86. The van der Waals surface area contributed by atoms with Crippen LogP contribution in [0.15, 0.2) is 64.0 Å². The molecule has 3 heterocycles. The van der Waals surface area contributed by atoms with Gasteiger partial charge in [0, 0.05) is 25.7 Å². The minimum atomic E-state index is -0.409. The highest BCUT2D eigenvalue weighted by Gasteiger charge is 2.22. The Kier molecular flexibility index (Phi) is 5.62. The molecule has 6 heteroatoms. The van der Waals surface area contributed by atoms with Crippen LogP contribution in [0.1, 0.15) is 34.3 Å². The quantitative estimate of drug-likeness (QED) is 0.699. The Morgan fingerprint density at radius 3 is 2.69 bits per heavy atom. The molecule has 2 N–H and O–H groups in total. The van der Waals surface area contributed by atoms with Crippen LogP contribution in [0.4, 0.5) is 0 Å². The van der Waals surface area contributed by atoms with Crippen molar-refractivity contribution in [3.05, 3.63) is 81.8 Å².